The van der Waals surface area contributed by atoms with Gasteiger partial charge < -0.3 is 20.0 Å². The van der Waals surface area contributed by atoms with E-state index in [9.17, 15) is 24.3 Å². The monoisotopic (exact) mass is 495 g/mol. The lowest BCUT2D eigenvalue weighted by molar-refractivity contribution is -0.151. The predicted octanol–water partition coefficient (Wildman–Crippen LogP) is 1.77. The van der Waals surface area contributed by atoms with Crippen LogP contribution in [0.2, 0.25) is 5.02 Å². The number of carboxylic acid groups (broad SMARTS) is 1. The molecule has 1 fully saturated rings. The van der Waals surface area contributed by atoms with Crippen molar-refractivity contribution in [1.82, 2.24) is 10.2 Å². The standard InChI is InChI=1S/C21H22ClN3O7S/c1-11(13-3-5-15(22)6-4-13)24-32-8-7-16(27)23-17-19(28)25-18(21(29)30)14(9-31-12(2)26)10-33-20(17)25/h3-6,17,20H,7-10H2,1-2H3,(H,23,27)(H,29,30)/b24-11+. The maximum atomic E-state index is 12.6. The Bertz CT molecular complexity index is 1030. The van der Waals surface area contributed by atoms with Gasteiger partial charge in [0.1, 0.15) is 30.3 Å². The van der Waals surface area contributed by atoms with Crippen molar-refractivity contribution in [2.45, 2.75) is 31.7 Å². The number of benzene rings is 1. The highest BCUT2D eigenvalue weighted by molar-refractivity contribution is 8.00. The summed E-state index contributed by atoms with van der Waals surface area (Å²) in [5.41, 5.74) is 1.58. The Morgan fingerprint density at radius 3 is 2.61 bits per heavy atom. The average Bonchev–Trinajstić information content (AvgIpc) is 2.78. The van der Waals surface area contributed by atoms with Crippen LogP contribution in [0.4, 0.5) is 0 Å². The molecule has 2 N–H and O–H groups in total. The summed E-state index contributed by atoms with van der Waals surface area (Å²) in [6.45, 7) is 2.78. The van der Waals surface area contributed by atoms with Crippen LogP contribution in [0.15, 0.2) is 40.7 Å². The molecule has 1 saturated heterocycles. The van der Waals surface area contributed by atoms with Crippen molar-refractivity contribution in [2.24, 2.45) is 5.16 Å². The van der Waals surface area contributed by atoms with Crippen LogP contribution in [0, 0.1) is 0 Å². The molecule has 0 bridgehead atoms. The van der Waals surface area contributed by atoms with E-state index in [1.54, 1.807) is 31.2 Å². The predicted molar refractivity (Wildman–Crippen MR) is 121 cm³/mol. The summed E-state index contributed by atoms with van der Waals surface area (Å²) < 4.78 is 4.89. The van der Waals surface area contributed by atoms with E-state index in [1.807, 2.05) is 0 Å². The van der Waals surface area contributed by atoms with Crippen LogP contribution >= 0.6 is 23.4 Å². The topological polar surface area (TPSA) is 135 Å². The minimum absolute atomic E-state index is 0.00596. The van der Waals surface area contributed by atoms with Crippen molar-refractivity contribution in [3.63, 3.8) is 0 Å². The third-order valence-corrected chi connectivity index (χ3v) is 6.49. The van der Waals surface area contributed by atoms with Gasteiger partial charge in [0.15, 0.2) is 0 Å². The normalized spacial score (nSPS) is 20.0. The summed E-state index contributed by atoms with van der Waals surface area (Å²) in [7, 11) is 0. The van der Waals surface area contributed by atoms with E-state index in [1.165, 1.54) is 18.7 Å². The maximum Gasteiger partial charge on any atom is 0.352 e. The lowest BCUT2D eigenvalue weighted by atomic mass is 10.0. The molecule has 12 heteroatoms. The number of hydrogen-bond donors (Lipinski definition) is 2. The van der Waals surface area contributed by atoms with E-state index >= 15 is 0 Å². The van der Waals surface area contributed by atoms with E-state index in [2.05, 4.69) is 10.5 Å². The Balaban J connectivity index is 1.51. The molecular weight excluding hydrogens is 474 g/mol. The Morgan fingerprint density at radius 2 is 1.97 bits per heavy atom. The molecule has 0 spiro atoms. The van der Waals surface area contributed by atoms with Crippen molar-refractivity contribution in [2.75, 3.05) is 19.0 Å². The summed E-state index contributed by atoms with van der Waals surface area (Å²) in [4.78, 5) is 53.9. The summed E-state index contributed by atoms with van der Waals surface area (Å²) in [6, 6.07) is 6.21. The molecule has 2 aliphatic rings. The zero-order chi connectivity index (χ0) is 24.1. The van der Waals surface area contributed by atoms with Crippen LogP contribution in [0.5, 0.6) is 0 Å². The number of carboxylic acids is 1. The van der Waals surface area contributed by atoms with Crippen molar-refractivity contribution in [1.29, 1.82) is 0 Å². The number of hydrogen-bond acceptors (Lipinski definition) is 8. The molecule has 2 atom stereocenters. The molecule has 2 heterocycles. The number of halogens is 1. The van der Waals surface area contributed by atoms with Crippen molar-refractivity contribution in [3.05, 3.63) is 46.1 Å². The Morgan fingerprint density at radius 1 is 1.27 bits per heavy atom. The second kappa shape index (κ2) is 10.7. The second-order valence-electron chi connectivity index (χ2n) is 7.26. The lowest BCUT2D eigenvalue weighted by Crippen LogP contribution is -2.70. The first kappa shape index (κ1) is 24.6. The highest BCUT2D eigenvalue weighted by atomic mass is 35.5. The third-order valence-electron chi connectivity index (χ3n) is 4.90. The van der Waals surface area contributed by atoms with Crippen molar-refractivity contribution < 1.29 is 33.9 Å². The van der Waals surface area contributed by atoms with Gasteiger partial charge in [0.05, 0.1) is 12.1 Å². The summed E-state index contributed by atoms with van der Waals surface area (Å²) in [6.07, 6.45) is -0.0299. The smallest absolute Gasteiger partial charge is 0.352 e. The number of thioether (sulfide) groups is 1. The molecule has 10 nitrogen and oxygen atoms in total. The number of nitrogens with one attached hydrogen (secondary N) is 1. The van der Waals surface area contributed by atoms with Gasteiger partial charge in [0, 0.05) is 23.3 Å². The first-order valence-electron chi connectivity index (χ1n) is 9.94. The number of nitrogens with zero attached hydrogens (tertiary/aromatic N) is 2. The fourth-order valence-electron chi connectivity index (χ4n) is 3.25. The molecule has 1 aromatic carbocycles. The lowest BCUT2D eigenvalue weighted by Gasteiger charge is -2.49. The van der Waals surface area contributed by atoms with Crippen LogP contribution in [0.1, 0.15) is 25.8 Å². The molecule has 0 saturated carbocycles. The van der Waals surface area contributed by atoms with Gasteiger partial charge in [-0.1, -0.05) is 28.9 Å². The fourth-order valence-corrected chi connectivity index (χ4v) is 4.71. The van der Waals surface area contributed by atoms with Crippen LogP contribution in [0.3, 0.4) is 0 Å². The SMILES string of the molecule is CC(=O)OCC1=C(C(=O)O)N2C(=O)C(NC(=O)CCO/N=C(\C)c3ccc(Cl)cc3)C2SC1. The van der Waals surface area contributed by atoms with E-state index in [-0.39, 0.29) is 31.1 Å². The van der Waals surface area contributed by atoms with Gasteiger partial charge in [0.25, 0.3) is 5.91 Å². The van der Waals surface area contributed by atoms with Gasteiger partial charge in [-0.25, -0.2) is 4.79 Å². The number of oxime groups is 1. The zero-order valence-corrected chi connectivity index (χ0v) is 19.4. The number of rotatable bonds is 9. The number of aliphatic carboxylic acids is 1. The summed E-state index contributed by atoms with van der Waals surface area (Å²) in [5, 5.41) is 16.2. The molecule has 0 aliphatic carbocycles. The third kappa shape index (κ3) is 5.85. The highest BCUT2D eigenvalue weighted by Gasteiger charge is 2.54. The van der Waals surface area contributed by atoms with E-state index in [0.717, 1.165) is 10.5 Å². The Kier molecular flexibility index (Phi) is 7.98. The number of carbonyl (C=O) groups is 4. The first-order valence-corrected chi connectivity index (χ1v) is 11.4. The largest absolute Gasteiger partial charge is 0.477 e. The molecule has 0 aromatic heterocycles. The molecule has 0 radical (unpaired) electrons. The molecule has 1 aromatic rings. The van der Waals surface area contributed by atoms with Gasteiger partial charge in [-0.3, -0.25) is 19.3 Å². The van der Waals surface area contributed by atoms with Gasteiger partial charge in [-0.05, 0) is 24.6 Å². The van der Waals surface area contributed by atoms with Gasteiger partial charge >= 0.3 is 11.9 Å². The minimum atomic E-state index is -1.29. The zero-order valence-electron chi connectivity index (χ0n) is 17.9. The number of ether oxygens (including phenoxy) is 1. The summed E-state index contributed by atoms with van der Waals surface area (Å²) in [5.74, 6) is -2.52. The van der Waals surface area contributed by atoms with E-state index in [0.29, 0.717) is 16.3 Å². The molecule has 176 valence electrons. The molecule has 3 rings (SSSR count). The summed E-state index contributed by atoms with van der Waals surface area (Å²) >= 11 is 7.15. The number of β-lactam (4-membered cyclic amide) rings is 1. The number of amides is 2. The minimum Gasteiger partial charge on any atom is -0.477 e. The fraction of sp³-hybridized carbons (Fsp3) is 0.381. The van der Waals surface area contributed by atoms with Gasteiger partial charge in [-0.2, -0.15) is 0 Å². The highest BCUT2D eigenvalue weighted by Crippen LogP contribution is 2.40. The molecular formula is C21H22ClN3O7S. The molecule has 33 heavy (non-hydrogen) atoms. The van der Waals surface area contributed by atoms with Crippen LogP contribution in [-0.2, 0) is 28.8 Å². The van der Waals surface area contributed by atoms with Crippen LogP contribution < -0.4 is 5.32 Å². The van der Waals surface area contributed by atoms with Crippen molar-refractivity contribution in [3.8, 4) is 0 Å². The maximum absolute atomic E-state index is 12.6. The Hall–Kier alpha value is -3.05. The average molecular weight is 496 g/mol. The molecule has 2 unspecified atom stereocenters. The Labute approximate surface area is 198 Å². The molecule has 2 aliphatic heterocycles. The first-order chi connectivity index (χ1) is 15.7. The van der Waals surface area contributed by atoms with E-state index in [4.69, 9.17) is 21.2 Å². The van der Waals surface area contributed by atoms with E-state index < -0.39 is 35.2 Å². The van der Waals surface area contributed by atoms with Gasteiger partial charge in [0.2, 0.25) is 5.91 Å². The number of esters is 1. The van der Waals surface area contributed by atoms with Crippen LogP contribution in [0.25, 0.3) is 0 Å². The second-order valence-corrected chi connectivity index (χ2v) is 8.80. The molecule has 2 amide bonds. The number of carbonyl (C=O) groups excluding carboxylic acids is 3. The quantitative estimate of drug-likeness (QED) is 0.174. The van der Waals surface area contributed by atoms with Crippen molar-refractivity contribution >= 4 is 52.8 Å². The van der Waals surface area contributed by atoms with Crippen LogP contribution in [-0.4, -0.2) is 69.9 Å². The number of fused-ring (bicyclic) bond motifs is 1. The van der Waals surface area contributed by atoms with Gasteiger partial charge in [-0.15, -0.1) is 11.8 Å².